The Morgan fingerprint density at radius 2 is 1.56 bits per heavy atom. The van der Waals surface area contributed by atoms with Crippen LogP contribution in [0.25, 0.3) is 0 Å². The topological polar surface area (TPSA) is 64.8 Å². The van der Waals surface area contributed by atoms with Gasteiger partial charge in [0.25, 0.3) is 5.54 Å². The molecule has 0 spiro atoms. The predicted octanol–water partition coefficient (Wildman–Crippen LogP) is 0.118. The van der Waals surface area contributed by atoms with Gasteiger partial charge >= 0.3 is 11.9 Å². The van der Waals surface area contributed by atoms with Crippen LogP contribution in [0.15, 0.2) is 0 Å². The summed E-state index contributed by atoms with van der Waals surface area (Å²) in [5.41, 5.74) is -1.37. The number of hydrogen-bond acceptors (Lipinski definition) is 6. The second kappa shape index (κ2) is 5.27. The van der Waals surface area contributed by atoms with Gasteiger partial charge in [-0.2, -0.15) is 5.06 Å². The molecule has 6 nitrogen and oxygen atoms in total. The first-order valence-corrected chi connectivity index (χ1v) is 5.38. The van der Waals surface area contributed by atoms with Crippen molar-refractivity contribution in [1.29, 1.82) is 0 Å². The zero-order valence-corrected chi connectivity index (χ0v) is 9.82. The van der Waals surface area contributed by atoms with Gasteiger partial charge in [-0.05, 0) is 20.8 Å². The molecule has 0 radical (unpaired) electrons. The number of ether oxygens (including phenoxy) is 2. The molecule has 0 saturated carbocycles. The summed E-state index contributed by atoms with van der Waals surface area (Å²) in [6, 6.07) is 0. The Morgan fingerprint density at radius 3 is 1.94 bits per heavy atom. The van der Waals surface area contributed by atoms with Gasteiger partial charge in [0, 0.05) is 0 Å². The second-order valence-electron chi connectivity index (χ2n) is 3.26. The van der Waals surface area contributed by atoms with E-state index < -0.39 is 17.5 Å². The molecule has 1 atom stereocenters. The first-order chi connectivity index (χ1) is 7.63. The average molecular weight is 231 g/mol. The van der Waals surface area contributed by atoms with Gasteiger partial charge in [0.05, 0.1) is 26.4 Å². The quantitative estimate of drug-likeness (QED) is 0.367. The largest absolute Gasteiger partial charge is 0.464 e. The fraction of sp³-hybridized carbons (Fsp3) is 0.800. The highest BCUT2D eigenvalue weighted by Crippen LogP contribution is 2.35. The van der Waals surface area contributed by atoms with Crippen LogP contribution in [0.1, 0.15) is 20.8 Å². The van der Waals surface area contributed by atoms with E-state index in [4.69, 9.17) is 14.3 Å². The number of rotatable bonds is 6. The van der Waals surface area contributed by atoms with Crippen LogP contribution < -0.4 is 0 Å². The van der Waals surface area contributed by atoms with Crippen LogP contribution >= 0.6 is 0 Å². The second-order valence-corrected chi connectivity index (χ2v) is 3.26. The molecule has 1 aliphatic heterocycles. The molecule has 1 fully saturated rings. The van der Waals surface area contributed by atoms with Crippen molar-refractivity contribution < 1.29 is 23.9 Å². The van der Waals surface area contributed by atoms with Gasteiger partial charge in [0.15, 0.2) is 0 Å². The molecule has 1 unspecified atom stereocenters. The van der Waals surface area contributed by atoms with Gasteiger partial charge in [0.2, 0.25) is 0 Å². The molecule has 6 heteroatoms. The van der Waals surface area contributed by atoms with E-state index in [-0.39, 0.29) is 19.8 Å². The molecule has 92 valence electrons. The lowest BCUT2D eigenvalue weighted by molar-refractivity contribution is -0.173. The van der Waals surface area contributed by atoms with Gasteiger partial charge in [-0.3, -0.25) is 4.84 Å². The van der Waals surface area contributed by atoms with Crippen molar-refractivity contribution in [2.75, 3.05) is 26.4 Å². The SMILES string of the molecule is CCOC(=O)C1(C(=O)OCC)CN1OCC. The summed E-state index contributed by atoms with van der Waals surface area (Å²) in [5, 5.41) is 1.29. The van der Waals surface area contributed by atoms with Crippen molar-refractivity contribution in [3.05, 3.63) is 0 Å². The lowest BCUT2D eigenvalue weighted by Gasteiger charge is -2.14. The van der Waals surface area contributed by atoms with Crippen LogP contribution in [-0.2, 0) is 23.9 Å². The fourth-order valence-corrected chi connectivity index (χ4v) is 1.40. The maximum absolute atomic E-state index is 11.7. The van der Waals surface area contributed by atoms with E-state index in [0.29, 0.717) is 6.61 Å². The number of hydrogen-bond donors (Lipinski definition) is 0. The molecule has 0 aromatic carbocycles. The van der Waals surface area contributed by atoms with Crippen molar-refractivity contribution in [2.45, 2.75) is 26.3 Å². The Labute approximate surface area is 94.4 Å². The molecule has 1 rings (SSSR count). The third-order valence-electron chi connectivity index (χ3n) is 2.21. The maximum atomic E-state index is 11.7. The van der Waals surface area contributed by atoms with Crippen molar-refractivity contribution >= 4 is 11.9 Å². The smallest absolute Gasteiger partial charge is 0.342 e. The van der Waals surface area contributed by atoms with E-state index in [1.54, 1.807) is 20.8 Å². The van der Waals surface area contributed by atoms with Gasteiger partial charge < -0.3 is 9.47 Å². The van der Waals surface area contributed by atoms with E-state index in [0.717, 1.165) is 0 Å². The molecule has 1 heterocycles. The van der Waals surface area contributed by atoms with Gasteiger partial charge in [-0.15, -0.1) is 0 Å². The van der Waals surface area contributed by atoms with Crippen LogP contribution in [0.3, 0.4) is 0 Å². The summed E-state index contributed by atoms with van der Waals surface area (Å²) in [6.45, 7) is 6.17. The van der Waals surface area contributed by atoms with E-state index in [2.05, 4.69) is 0 Å². The Morgan fingerprint density at radius 1 is 1.06 bits per heavy atom. The van der Waals surface area contributed by atoms with Crippen molar-refractivity contribution in [1.82, 2.24) is 5.06 Å². The molecule has 0 aliphatic carbocycles. The standard InChI is InChI=1S/C10H17NO5/c1-4-14-8(12)10(9(13)15-5-2)7-11(10)16-6-3/h4-7H2,1-3H3. The number of hydroxylamine groups is 2. The third kappa shape index (κ3) is 2.17. The van der Waals surface area contributed by atoms with Crippen LogP contribution in [0.2, 0.25) is 0 Å². The average Bonchev–Trinajstić information content (AvgIpc) is 2.95. The highest BCUT2D eigenvalue weighted by atomic mass is 16.7. The first-order valence-electron chi connectivity index (χ1n) is 5.38. The van der Waals surface area contributed by atoms with E-state index in [9.17, 15) is 9.59 Å². The zero-order valence-electron chi connectivity index (χ0n) is 9.82. The van der Waals surface area contributed by atoms with E-state index in [1.807, 2.05) is 0 Å². The number of carbonyl (C=O) groups excluding carboxylic acids is 2. The molecule has 0 bridgehead atoms. The minimum absolute atomic E-state index is 0.193. The van der Waals surface area contributed by atoms with Crippen LogP contribution in [0.4, 0.5) is 0 Å². The van der Waals surface area contributed by atoms with Gasteiger partial charge in [0.1, 0.15) is 0 Å². The normalized spacial score (nSPS) is 21.3. The summed E-state index contributed by atoms with van der Waals surface area (Å²) in [6.07, 6.45) is 0. The molecule has 0 N–H and O–H groups in total. The molecule has 1 saturated heterocycles. The lowest BCUT2D eigenvalue weighted by atomic mass is 10.1. The van der Waals surface area contributed by atoms with Gasteiger partial charge in [-0.1, -0.05) is 0 Å². The lowest BCUT2D eigenvalue weighted by Crippen LogP contribution is -2.41. The highest BCUT2D eigenvalue weighted by Gasteiger charge is 2.68. The predicted molar refractivity (Wildman–Crippen MR) is 54.3 cm³/mol. The first kappa shape index (κ1) is 12.9. The molecular formula is C10H17NO5. The van der Waals surface area contributed by atoms with Crippen molar-refractivity contribution in [3.63, 3.8) is 0 Å². The number of nitrogens with zero attached hydrogens (tertiary/aromatic N) is 1. The molecule has 0 amide bonds. The van der Waals surface area contributed by atoms with Gasteiger partial charge in [-0.25, -0.2) is 9.59 Å². The van der Waals surface area contributed by atoms with E-state index in [1.165, 1.54) is 5.06 Å². The molecule has 1 aliphatic rings. The number of carbonyl (C=O) groups is 2. The molecule has 0 aromatic rings. The minimum Gasteiger partial charge on any atom is -0.464 e. The summed E-state index contributed by atoms with van der Waals surface area (Å²) in [5.74, 6) is -1.22. The molecule has 0 aromatic heterocycles. The number of esters is 2. The Kier molecular flexibility index (Phi) is 4.26. The Hall–Kier alpha value is -1.14. The zero-order chi connectivity index (χ0) is 12.2. The summed E-state index contributed by atoms with van der Waals surface area (Å²) in [4.78, 5) is 28.5. The monoisotopic (exact) mass is 231 g/mol. The third-order valence-corrected chi connectivity index (χ3v) is 2.21. The molecular weight excluding hydrogens is 214 g/mol. The summed E-state index contributed by atoms with van der Waals surface area (Å²) >= 11 is 0. The highest BCUT2D eigenvalue weighted by molar-refractivity contribution is 6.08. The van der Waals surface area contributed by atoms with E-state index >= 15 is 0 Å². The Bertz CT molecular complexity index is 260. The van der Waals surface area contributed by atoms with Crippen molar-refractivity contribution in [3.8, 4) is 0 Å². The van der Waals surface area contributed by atoms with Crippen LogP contribution in [-0.4, -0.2) is 48.9 Å². The summed E-state index contributed by atoms with van der Waals surface area (Å²) in [7, 11) is 0. The Balaban J connectivity index is 2.72. The fourth-order valence-electron chi connectivity index (χ4n) is 1.40. The van der Waals surface area contributed by atoms with Crippen LogP contribution in [0.5, 0.6) is 0 Å². The van der Waals surface area contributed by atoms with Crippen LogP contribution in [0, 0.1) is 0 Å². The minimum atomic E-state index is -1.37. The van der Waals surface area contributed by atoms with Crippen molar-refractivity contribution in [2.24, 2.45) is 0 Å². The maximum Gasteiger partial charge on any atom is 0.342 e. The summed E-state index contributed by atoms with van der Waals surface area (Å²) < 4.78 is 9.70. The molecule has 16 heavy (non-hydrogen) atoms.